The topological polar surface area (TPSA) is 42.0 Å². The first-order valence-electron chi connectivity index (χ1n) is 9.25. The highest BCUT2D eigenvalue weighted by Crippen LogP contribution is 2.29. The van der Waals surface area contributed by atoms with E-state index in [9.17, 15) is 4.79 Å². The minimum atomic E-state index is 0.0219. The standard InChI is InChI=1S/C25H20N2O/c28-25(20-12-5-2-6-13-20)23-16-9-15-22(23)24(19-10-3-1-4-11-19)27-18-21-14-7-8-17-26-21/h1-17,27H,18H2/b24-22-. The van der Waals surface area contributed by atoms with Gasteiger partial charge in [-0.2, -0.15) is 0 Å². The van der Waals surface area contributed by atoms with Gasteiger partial charge in [0.2, 0.25) is 0 Å². The zero-order chi connectivity index (χ0) is 19.2. The molecule has 2 aromatic carbocycles. The summed E-state index contributed by atoms with van der Waals surface area (Å²) in [6.07, 6.45) is 7.59. The third-order valence-corrected chi connectivity index (χ3v) is 4.60. The highest BCUT2D eigenvalue weighted by molar-refractivity contribution is 6.14. The average Bonchev–Trinajstić information content (AvgIpc) is 3.25. The van der Waals surface area contributed by atoms with Crippen LogP contribution in [0.4, 0.5) is 0 Å². The van der Waals surface area contributed by atoms with Gasteiger partial charge in [0.15, 0.2) is 5.78 Å². The normalized spacial score (nSPS) is 14.5. The second-order valence-electron chi connectivity index (χ2n) is 6.46. The molecule has 0 radical (unpaired) electrons. The van der Waals surface area contributed by atoms with E-state index >= 15 is 0 Å². The van der Waals surface area contributed by atoms with Crippen LogP contribution in [0.3, 0.4) is 0 Å². The molecule has 4 rings (SSSR count). The maximum Gasteiger partial charge on any atom is 0.193 e. The van der Waals surface area contributed by atoms with Gasteiger partial charge in [0.1, 0.15) is 0 Å². The van der Waals surface area contributed by atoms with E-state index in [2.05, 4.69) is 10.3 Å². The van der Waals surface area contributed by atoms with Crippen LogP contribution in [0, 0.1) is 0 Å². The molecule has 0 unspecified atom stereocenters. The minimum Gasteiger partial charge on any atom is -0.378 e. The van der Waals surface area contributed by atoms with Gasteiger partial charge in [0.05, 0.1) is 12.2 Å². The number of nitrogens with zero attached hydrogens (tertiary/aromatic N) is 1. The largest absolute Gasteiger partial charge is 0.378 e. The van der Waals surface area contributed by atoms with Gasteiger partial charge in [-0.15, -0.1) is 0 Å². The maximum atomic E-state index is 13.1. The Hall–Kier alpha value is -3.72. The zero-order valence-corrected chi connectivity index (χ0v) is 15.4. The fraction of sp³-hybridized carbons (Fsp3) is 0.0400. The highest BCUT2D eigenvalue weighted by Gasteiger charge is 2.21. The van der Waals surface area contributed by atoms with Crippen LogP contribution in [0.15, 0.2) is 114 Å². The molecule has 3 aromatic rings. The molecular formula is C25H20N2O. The number of pyridine rings is 1. The highest BCUT2D eigenvalue weighted by atomic mass is 16.1. The van der Waals surface area contributed by atoms with E-state index < -0.39 is 0 Å². The third-order valence-electron chi connectivity index (χ3n) is 4.60. The monoisotopic (exact) mass is 364 g/mol. The molecule has 1 aromatic heterocycles. The molecule has 0 aliphatic heterocycles. The van der Waals surface area contributed by atoms with Gasteiger partial charge < -0.3 is 5.32 Å². The lowest BCUT2D eigenvalue weighted by Gasteiger charge is -2.16. The Kier molecular flexibility index (Phi) is 5.25. The lowest BCUT2D eigenvalue weighted by Crippen LogP contribution is -2.16. The smallest absolute Gasteiger partial charge is 0.193 e. The molecule has 0 saturated heterocycles. The Bertz CT molecular complexity index is 1050. The van der Waals surface area contributed by atoms with Crippen LogP contribution in [-0.2, 0) is 6.54 Å². The molecular weight excluding hydrogens is 344 g/mol. The van der Waals surface area contributed by atoms with Crippen molar-refractivity contribution in [2.75, 3.05) is 0 Å². The van der Waals surface area contributed by atoms with E-state index in [-0.39, 0.29) is 5.78 Å². The predicted molar refractivity (Wildman–Crippen MR) is 112 cm³/mol. The summed E-state index contributed by atoms with van der Waals surface area (Å²) in [4.78, 5) is 17.5. The Labute approximate surface area is 164 Å². The summed E-state index contributed by atoms with van der Waals surface area (Å²) in [6.45, 7) is 0.579. The van der Waals surface area contributed by atoms with Crippen LogP contribution in [0.1, 0.15) is 21.6 Å². The first-order valence-corrected chi connectivity index (χ1v) is 9.25. The number of hydrogen-bond donors (Lipinski definition) is 1. The van der Waals surface area contributed by atoms with Crippen LogP contribution in [0.2, 0.25) is 0 Å². The number of nitrogens with one attached hydrogen (secondary N) is 1. The molecule has 0 bridgehead atoms. The lowest BCUT2D eigenvalue weighted by atomic mass is 9.95. The molecule has 28 heavy (non-hydrogen) atoms. The Balaban J connectivity index is 1.71. The molecule has 1 heterocycles. The Morgan fingerprint density at radius 1 is 0.821 bits per heavy atom. The summed E-state index contributed by atoms with van der Waals surface area (Å²) < 4.78 is 0. The van der Waals surface area contributed by atoms with Crippen LogP contribution in [0.25, 0.3) is 5.70 Å². The second-order valence-corrected chi connectivity index (χ2v) is 6.46. The molecule has 0 spiro atoms. The summed E-state index contributed by atoms with van der Waals surface area (Å²) in [5.41, 5.74) is 5.18. The van der Waals surface area contributed by atoms with Gasteiger partial charge in [-0.25, -0.2) is 0 Å². The van der Waals surface area contributed by atoms with E-state index in [0.29, 0.717) is 17.7 Å². The fourth-order valence-corrected chi connectivity index (χ4v) is 3.22. The summed E-state index contributed by atoms with van der Waals surface area (Å²) in [5, 5.41) is 3.50. The zero-order valence-electron chi connectivity index (χ0n) is 15.4. The SMILES string of the molecule is O=C(C1=CC=C/C1=C(/NCc1ccccn1)c1ccccc1)c1ccccc1. The molecule has 0 amide bonds. The van der Waals surface area contributed by atoms with Crippen molar-refractivity contribution in [3.05, 3.63) is 131 Å². The molecule has 0 saturated carbocycles. The number of carbonyl (C=O) groups excluding carboxylic acids is 1. The van der Waals surface area contributed by atoms with Crippen LogP contribution in [-0.4, -0.2) is 10.8 Å². The quantitative estimate of drug-likeness (QED) is 0.629. The maximum absolute atomic E-state index is 13.1. The average molecular weight is 364 g/mol. The Morgan fingerprint density at radius 3 is 2.18 bits per heavy atom. The summed E-state index contributed by atoms with van der Waals surface area (Å²) >= 11 is 0. The number of aromatic nitrogens is 1. The van der Waals surface area contributed by atoms with Gasteiger partial charge in [-0.1, -0.05) is 85.0 Å². The molecule has 0 fully saturated rings. The number of rotatable bonds is 6. The van der Waals surface area contributed by atoms with E-state index in [4.69, 9.17) is 0 Å². The third kappa shape index (κ3) is 3.84. The van der Waals surface area contributed by atoms with E-state index in [1.807, 2.05) is 97.1 Å². The molecule has 136 valence electrons. The van der Waals surface area contributed by atoms with E-state index in [0.717, 1.165) is 22.5 Å². The first kappa shape index (κ1) is 17.7. The summed E-state index contributed by atoms with van der Waals surface area (Å²) in [5.74, 6) is 0.0219. The number of Topliss-reactive ketones (excluding diaryl/α,β-unsaturated/α-hetero) is 1. The molecule has 3 heteroatoms. The number of carbonyl (C=O) groups is 1. The van der Waals surface area contributed by atoms with Crippen molar-refractivity contribution in [3.63, 3.8) is 0 Å². The van der Waals surface area contributed by atoms with Crippen molar-refractivity contribution in [1.82, 2.24) is 10.3 Å². The number of ketones is 1. The van der Waals surface area contributed by atoms with E-state index in [1.165, 1.54) is 0 Å². The van der Waals surface area contributed by atoms with Crippen molar-refractivity contribution < 1.29 is 4.79 Å². The van der Waals surface area contributed by atoms with Gasteiger partial charge >= 0.3 is 0 Å². The van der Waals surface area contributed by atoms with Gasteiger partial charge in [0, 0.05) is 28.6 Å². The Morgan fingerprint density at radius 2 is 1.50 bits per heavy atom. The molecule has 1 aliphatic carbocycles. The van der Waals surface area contributed by atoms with Gasteiger partial charge in [0.25, 0.3) is 0 Å². The number of hydrogen-bond acceptors (Lipinski definition) is 3. The van der Waals surface area contributed by atoms with E-state index in [1.54, 1.807) is 6.20 Å². The fourth-order valence-electron chi connectivity index (χ4n) is 3.22. The first-order chi connectivity index (χ1) is 13.8. The van der Waals surface area contributed by atoms with Crippen molar-refractivity contribution in [3.8, 4) is 0 Å². The summed E-state index contributed by atoms with van der Waals surface area (Å²) in [6, 6.07) is 25.3. The van der Waals surface area contributed by atoms with Crippen LogP contribution >= 0.6 is 0 Å². The second kappa shape index (κ2) is 8.31. The van der Waals surface area contributed by atoms with Crippen LogP contribution in [0.5, 0.6) is 0 Å². The number of allylic oxidation sites excluding steroid dienone is 5. The van der Waals surface area contributed by atoms with Gasteiger partial charge in [-0.3, -0.25) is 9.78 Å². The molecule has 1 aliphatic rings. The molecule has 0 atom stereocenters. The van der Waals surface area contributed by atoms with Crippen LogP contribution < -0.4 is 5.32 Å². The van der Waals surface area contributed by atoms with Crippen molar-refractivity contribution in [2.24, 2.45) is 0 Å². The number of benzene rings is 2. The molecule has 1 N–H and O–H groups in total. The van der Waals surface area contributed by atoms with Crippen molar-refractivity contribution in [1.29, 1.82) is 0 Å². The summed E-state index contributed by atoms with van der Waals surface area (Å²) in [7, 11) is 0. The predicted octanol–water partition coefficient (Wildman–Crippen LogP) is 4.96. The van der Waals surface area contributed by atoms with Gasteiger partial charge in [-0.05, 0) is 17.7 Å². The minimum absolute atomic E-state index is 0.0219. The molecule has 3 nitrogen and oxygen atoms in total. The van der Waals surface area contributed by atoms with Crippen molar-refractivity contribution in [2.45, 2.75) is 6.54 Å². The lowest BCUT2D eigenvalue weighted by molar-refractivity contribution is 0.103. The van der Waals surface area contributed by atoms with Crippen molar-refractivity contribution >= 4 is 11.5 Å².